The van der Waals surface area contributed by atoms with E-state index < -0.39 is 12.3 Å². The molecule has 0 amide bonds. The molecule has 1 saturated carbocycles. The van der Waals surface area contributed by atoms with E-state index in [4.69, 9.17) is 10.5 Å². The van der Waals surface area contributed by atoms with Crippen molar-refractivity contribution in [1.29, 1.82) is 0 Å². The van der Waals surface area contributed by atoms with Crippen LogP contribution in [-0.4, -0.2) is 30.6 Å². The molecule has 0 saturated heterocycles. The minimum Gasteiger partial charge on any atom is -0.375 e. The van der Waals surface area contributed by atoms with Crippen LogP contribution in [0.4, 0.5) is 5.69 Å². The molecule has 4 nitrogen and oxygen atoms in total. The molecule has 130 valence electrons. The van der Waals surface area contributed by atoms with Gasteiger partial charge in [-0.15, -0.1) is 0 Å². The highest BCUT2D eigenvalue weighted by molar-refractivity contribution is 14.1. The van der Waals surface area contributed by atoms with Gasteiger partial charge in [0.25, 0.3) is 0 Å². The highest BCUT2D eigenvalue weighted by atomic mass is 127. The lowest BCUT2D eigenvalue weighted by Gasteiger charge is -2.32. The average molecular weight is 432 g/mol. The molecule has 2 unspecified atom stereocenters. The number of nitrogens with two attached hydrogens (primary N) is 1. The van der Waals surface area contributed by atoms with Crippen LogP contribution in [0.15, 0.2) is 18.2 Å². The fourth-order valence-corrected chi connectivity index (χ4v) is 4.16. The fourth-order valence-electron chi connectivity index (χ4n) is 3.51. The maximum absolute atomic E-state index is 10.5. The Kier molecular flexibility index (Phi) is 7.59. The van der Waals surface area contributed by atoms with E-state index in [9.17, 15) is 5.11 Å². The first-order valence-electron chi connectivity index (χ1n) is 8.50. The minimum absolute atomic E-state index is 0.158. The SMILES string of the molecule is COC(C(O)Nc1ccc(I)cc1C)[C@H](N)CC1CCCCC1. The number of nitrogens with one attached hydrogen (secondary N) is 1. The molecule has 5 heteroatoms. The molecule has 4 N–H and O–H groups in total. The van der Waals surface area contributed by atoms with Crippen LogP contribution in [0.2, 0.25) is 0 Å². The van der Waals surface area contributed by atoms with Gasteiger partial charge in [0, 0.05) is 22.4 Å². The molecule has 1 aliphatic carbocycles. The Morgan fingerprint density at radius 1 is 1.35 bits per heavy atom. The molecule has 0 aliphatic heterocycles. The summed E-state index contributed by atoms with van der Waals surface area (Å²) in [5, 5.41) is 13.7. The van der Waals surface area contributed by atoms with Crippen LogP contribution < -0.4 is 11.1 Å². The van der Waals surface area contributed by atoms with Gasteiger partial charge >= 0.3 is 0 Å². The summed E-state index contributed by atoms with van der Waals surface area (Å²) in [6, 6.07) is 5.93. The van der Waals surface area contributed by atoms with Crippen LogP contribution >= 0.6 is 22.6 Å². The Bertz CT molecular complexity index is 492. The number of aliphatic hydroxyl groups excluding tert-OH is 1. The number of rotatable bonds is 7. The summed E-state index contributed by atoms with van der Waals surface area (Å²) in [4.78, 5) is 0. The summed E-state index contributed by atoms with van der Waals surface area (Å²) in [7, 11) is 1.62. The van der Waals surface area contributed by atoms with Gasteiger partial charge in [-0.3, -0.25) is 0 Å². The number of methoxy groups -OCH3 is 1. The second-order valence-corrected chi connectivity index (χ2v) is 7.90. The molecular formula is C18H29IN2O2. The monoisotopic (exact) mass is 432 g/mol. The first-order valence-corrected chi connectivity index (χ1v) is 9.58. The highest BCUT2D eigenvalue weighted by Crippen LogP contribution is 2.28. The zero-order chi connectivity index (χ0) is 16.8. The van der Waals surface area contributed by atoms with Crippen LogP contribution in [0.5, 0.6) is 0 Å². The molecule has 3 atom stereocenters. The zero-order valence-electron chi connectivity index (χ0n) is 14.1. The summed E-state index contributed by atoms with van der Waals surface area (Å²) < 4.78 is 6.69. The summed E-state index contributed by atoms with van der Waals surface area (Å²) in [6.45, 7) is 2.03. The lowest BCUT2D eigenvalue weighted by molar-refractivity contribution is -0.0176. The average Bonchev–Trinajstić information content (AvgIpc) is 2.52. The molecule has 23 heavy (non-hydrogen) atoms. The molecule has 1 aromatic carbocycles. The van der Waals surface area contributed by atoms with Crippen LogP contribution in [0.1, 0.15) is 44.1 Å². The molecule has 1 aromatic rings. The molecule has 1 aliphatic rings. The number of hydrogen-bond acceptors (Lipinski definition) is 4. The van der Waals surface area contributed by atoms with Crippen molar-refractivity contribution in [3.63, 3.8) is 0 Å². The molecule has 0 radical (unpaired) electrons. The van der Waals surface area contributed by atoms with Gasteiger partial charge in [-0.2, -0.15) is 0 Å². The van der Waals surface area contributed by atoms with Crippen LogP contribution in [-0.2, 0) is 4.74 Å². The molecule has 0 heterocycles. The topological polar surface area (TPSA) is 67.5 Å². The van der Waals surface area contributed by atoms with Crippen LogP contribution in [0.25, 0.3) is 0 Å². The number of ether oxygens (including phenoxy) is 1. The van der Waals surface area contributed by atoms with E-state index in [1.807, 2.05) is 19.1 Å². The number of aryl methyl sites for hydroxylation is 1. The van der Waals surface area contributed by atoms with Crippen molar-refractivity contribution in [2.24, 2.45) is 11.7 Å². The fraction of sp³-hybridized carbons (Fsp3) is 0.667. The van der Waals surface area contributed by atoms with Crippen molar-refractivity contribution in [2.45, 2.75) is 63.8 Å². The first kappa shape index (κ1) is 19.0. The van der Waals surface area contributed by atoms with Crippen molar-refractivity contribution in [2.75, 3.05) is 12.4 Å². The Morgan fingerprint density at radius 3 is 2.65 bits per heavy atom. The van der Waals surface area contributed by atoms with Gasteiger partial charge in [-0.1, -0.05) is 32.1 Å². The van der Waals surface area contributed by atoms with E-state index in [2.05, 4.69) is 34.0 Å². The predicted molar refractivity (Wildman–Crippen MR) is 103 cm³/mol. The summed E-state index contributed by atoms with van der Waals surface area (Å²) in [5.74, 6) is 0.670. The van der Waals surface area contributed by atoms with E-state index in [1.54, 1.807) is 7.11 Å². The normalized spacial score (nSPS) is 20.0. The quantitative estimate of drug-likeness (QED) is 0.455. The number of aliphatic hydroxyl groups is 1. The summed E-state index contributed by atoms with van der Waals surface area (Å²) in [5.41, 5.74) is 8.37. The minimum atomic E-state index is -0.808. The third-order valence-electron chi connectivity index (χ3n) is 4.83. The van der Waals surface area contributed by atoms with Gasteiger partial charge in [0.15, 0.2) is 6.23 Å². The Balaban J connectivity index is 1.95. The van der Waals surface area contributed by atoms with E-state index in [1.165, 1.54) is 35.7 Å². The van der Waals surface area contributed by atoms with E-state index in [0.717, 1.165) is 17.7 Å². The molecule has 0 spiro atoms. The maximum Gasteiger partial charge on any atom is 0.152 e. The second kappa shape index (κ2) is 9.20. The van der Waals surface area contributed by atoms with Crippen LogP contribution in [0, 0.1) is 16.4 Å². The van der Waals surface area contributed by atoms with Gasteiger partial charge in [0.2, 0.25) is 0 Å². The number of halogens is 1. The Hall–Kier alpha value is -0.370. The third-order valence-corrected chi connectivity index (χ3v) is 5.50. The summed E-state index contributed by atoms with van der Waals surface area (Å²) in [6.07, 6.45) is 6.16. The van der Waals surface area contributed by atoms with Gasteiger partial charge < -0.3 is 20.9 Å². The van der Waals surface area contributed by atoms with Gasteiger partial charge in [-0.05, 0) is 65.6 Å². The van der Waals surface area contributed by atoms with Crippen molar-refractivity contribution in [1.82, 2.24) is 0 Å². The van der Waals surface area contributed by atoms with Gasteiger partial charge in [-0.25, -0.2) is 0 Å². The zero-order valence-corrected chi connectivity index (χ0v) is 16.3. The molecule has 0 bridgehead atoms. The van der Waals surface area contributed by atoms with Gasteiger partial charge in [0.05, 0.1) is 0 Å². The number of benzene rings is 1. The largest absolute Gasteiger partial charge is 0.375 e. The number of hydrogen-bond donors (Lipinski definition) is 3. The van der Waals surface area contributed by atoms with Crippen molar-refractivity contribution in [3.8, 4) is 0 Å². The Morgan fingerprint density at radius 2 is 2.04 bits per heavy atom. The smallest absolute Gasteiger partial charge is 0.152 e. The van der Waals surface area contributed by atoms with E-state index >= 15 is 0 Å². The predicted octanol–water partition coefficient (Wildman–Crippen LogP) is 3.64. The third kappa shape index (κ3) is 5.59. The van der Waals surface area contributed by atoms with Crippen molar-refractivity contribution in [3.05, 3.63) is 27.3 Å². The van der Waals surface area contributed by atoms with Crippen LogP contribution in [0.3, 0.4) is 0 Å². The summed E-state index contributed by atoms with van der Waals surface area (Å²) >= 11 is 2.28. The number of anilines is 1. The lowest BCUT2D eigenvalue weighted by Crippen LogP contribution is -2.48. The highest BCUT2D eigenvalue weighted by Gasteiger charge is 2.28. The Labute approximate surface area is 153 Å². The maximum atomic E-state index is 10.5. The molecule has 2 rings (SSSR count). The molecule has 1 fully saturated rings. The van der Waals surface area contributed by atoms with Crippen molar-refractivity contribution >= 4 is 28.3 Å². The lowest BCUT2D eigenvalue weighted by atomic mass is 9.83. The molecular weight excluding hydrogens is 403 g/mol. The van der Waals surface area contributed by atoms with Gasteiger partial charge in [0.1, 0.15) is 6.10 Å². The van der Waals surface area contributed by atoms with E-state index in [0.29, 0.717) is 5.92 Å². The first-order chi connectivity index (χ1) is 11.0. The van der Waals surface area contributed by atoms with E-state index in [-0.39, 0.29) is 6.04 Å². The molecule has 0 aromatic heterocycles. The standard InChI is InChI=1S/C18H29IN2O2/c1-12-10-14(19)8-9-16(12)21-18(22)17(23-2)15(20)11-13-6-4-3-5-7-13/h8-10,13,15,17-18,21-22H,3-7,11,20H2,1-2H3/t15-,17?,18?/m1/s1. The second-order valence-electron chi connectivity index (χ2n) is 6.65. The van der Waals surface area contributed by atoms with Crippen molar-refractivity contribution < 1.29 is 9.84 Å².